The first-order chi connectivity index (χ1) is 19.4. The molecule has 0 aliphatic carbocycles. The maximum absolute atomic E-state index is 14.2. The number of carbonyl (C=O) groups is 2. The van der Waals surface area contributed by atoms with Crippen molar-refractivity contribution < 1.29 is 9.59 Å². The van der Waals surface area contributed by atoms with Gasteiger partial charge < -0.3 is 14.7 Å². The molecule has 0 amide bonds. The standard InChI is InChI=1S/C35H43N3O2/c1-26-12-10-17-30(27(26)2)33-31(34(39)28-13-6-4-7-14-28)24-38(19-11-18-37-22-20-36(3)21-23-37)25-32(33)35(40)29-15-8-5-9-16-29/h4-10,12-17,31-33H,11,18-25H2,1-3H3/t31-,32-/m0/s1. The molecule has 3 aromatic carbocycles. The Morgan fingerprint density at radius 2 is 1.20 bits per heavy atom. The molecule has 2 aliphatic heterocycles. The fraction of sp³-hybridized carbons (Fsp3) is 0.429. The Kier molecular flexibility index (Phi) is 9.25. The number of Topliss-reactive ketones (excluding diaryl/α,β-unsaturated/α-hetero) is 2. The van der Waals surface area contributed by atoms with Gasteiger partial charge in [-0.2, -0.15) is 0 Å². The molecule has 2 aliphatic rings. The van der Waals surface area contributed by atoms with Crippen LogP contribution in [0.2, 0.25) is 0 Å². The number of likely N-dealkylation sites (tertiary alicyclic amines) is 1. The van der Waals surface area contributed by atoms with Crippen molar-refractivity contribution in [1.29, 1.82) is 0 Å². The number of likely N-dealkylation sites (N-methyl/N-ethyl adjacent to an activating group) is 1. The predicted octanol–water partition coefficient (Wildman–Crippen LogP) is 5.34. The second-order valence-electron chi connectivity index (χ2n) is 11.7. The van der Waals surface area contributed by atoms with Crippen LogP contribution in [0.25, 0.3) is 0 Å². The zero-order valence-electron chi connectivity index (χ0n) is 24.3. The highest BCUT2D eigenvalue weighted by Crippen LogP contribution is 2.42. The third kappa shape index (κ3) is 6.43. The van der Waals surface area contributed by atoms with Gasteiger partial charge >= 0.3 is 0 Å². The van der Waals surface area contributed by atoms with Crippen molar-refractivity contribution in [3.63, 3.8) is 0 Å². The Hall–Kier alpha value is -3.12. The lowest BCUT2D eigenvalue weighted by Crippen LogP contribution is -2.51. The molecule has 0 saturated carbocycles. The molecule has 5 nitrogen and oxygen atoms in total. The predicted molar refractivity (Wildman–Crippen MR) is 162 cm³/mol. The SMILES string of the molecule is Cc1cccc(C2[C@@H](C(=O)c3ccccc3)CN(CCCN3CCN(C)CC3)C[C@@H]2C(=O)c2ccccc2)c1C. The Balaban J connectivity index is 1.47. The van der Waals surface area contributed by atoms with Crippen LogP contribution >= 0.6 is 0 Å². The zero-order valence-corrected chi connectivity index (χ0v) is 24.3. The van der Waals surface area contributed by atoms with Crippen molar-refractivity contribution in [3.05, 3.63) is 107 Å². The van der Waals surface area contributed by atoms with Gasteiger partial charge in [0.15, 0.2) is 11.6 Å². The quantitative estimate of drug-likeness (QED) is 0.345. The molecule has 5 rings (SSSR count). The monoisotopic (exact) mass is 537 g/mol. The molecule has 2 fully saturated rings. The minimum Gasteiger partial charge on any atom is -0.304 e. The van der Waals surface area contributed by atoms with Crippen LogP contribution in [-0.4, -0.2) is 85.7 Å². The maximum Gasteiger partial charge on any atom is 0.167 e. The molecule has 0 aromatic heterocycles. The number of piperazine rings is 1. The van der Waals surface area contributed by atoms with Gasteiger partial charge in [0.1, 0.15) is 0 Å². The molecule has 3 aromatic rings. The van der Waals surface area contributed by atoms with Crippen LogP contribution in [0, 0.1) is 25.7 Å². The fourth-order valence-electron chi connectivity index (χ4n) is 6.60. The topological polar surface area (TPSA) is 43.9 Å². The number of hydrogen-bond acceptors (Lipinski definition) is 5. The van der Waals surface area contributed by atoms with E-state index in [4.69, 9.17) is 0 Å². The largest absolute Gasteiger partial charge is 0.304 e. The van der Waals surface area contributed by atoms with Gasteiger partial charge in [0, 0.05) is 68.1 Å². The van der Waals surface area contributed by atoms with Crippen LogP contribution in [0.3, 0.4) is 0 Å². The van der Waals surface area contributed by atoms with Crippen LogP contribution < -0.4 is 0 Å². The van der Waals surface area contributed by atoms with Crippen LogP contribution in [-0.2, 0) is 0 Å². The Labute approximate surface area is 239 Å². The molecule has 40 heavy (non-hydrogen) atoms. The molecule has 0 unspecified atom stereocenters. The lowest BCUT2D eigenvalue weighted by molar-refractivity contribution is 0.0557. The van der Waals surface area contributed by atoms with E-state index in [9.17, 15) is 9.59 Å². The van der Waals surface area contributed by atoms with Crippen molar-refractivity contribution in [2.75, 3.05) is 59.4 Å². The van der Waals surface area contributed by atoms with Crippen molar-refractivity contribution >= 4 is 11.6 Å². The number of rotatable bonds is 9. The number of ketones is 2. The van der Waals surface area contributed by atoms with Crippen LogP contribution in [0.1, 0.15) is 49.7 Å². The lowest BCUT2D eigenvalue weighted by atomic mass is 9.67. The third-order valence-corrected chi connectivity index (χ3v) is 9.12. The van der Waals surface area contributed by atoms with Crippen molar-refractivity contribution in [2.45, 2.75) is 26.2 Å². The molecular weight excluding hydrogens is 494 g/mol. The van der Waals surface area contributed by atoms with Gasteiger partial charge in [-0.3, -0.25) is 9.59 Å². The Morgan fingerprint density at radius 3 is 1.75 bits per heavy atom. The van der Waals surface area contributed by atoms with E-state index >= 15 is 0 Å². The summed E-state index contributed by atoms with van der Waals surface area (Å²) in [5.41, 5.74) is 4.98. The van der Waals surface area contributed by atoms with Crippen molar-refractivity contribution in [1.82, 2.24) is 14.7 Å². The normalized spacial score (nSPS) is 21.4. The summed E-state index contributed by atoms with van der Waals surface area (Å²) < 4.78 is 0. The third-order valence-electron chi connectivity index (χ3n) is 9.12. The number of hydrogen-bond donors (Lipinski definition) is 0. The highest BCUT2D eigenvalue weighted by atomic mass is 16.1. The molecular formula is C35H43N3O2. The van der Waals surface area contributed by atoms with E-state index in [0.29, 0.717) is 13.1 Å². The maximum atomic E-state index is 14.2. The van der Waals surface area contributed by atoms with Gasteiger partial charge in [-0.15, -0.1) is 0 Å². The minimum absolute atomic E-state index is 0.140. The van der Waals surface area contributed by atoms with E-state index in [1.807, 2.05) is 60.7 Å². The average molecular weight is 538 g/mol. The summed E-state index contributed by atoms with van der Waals surface area (Å²) in [5, 5.41) is 0. The molecule has 5 heteroatoms. The number of aryl methyl sites for hydroxylation is 1. The molecule has 2 atom stereocenters. The highest BCUT2D eigenvalue weighted by molar-refractivity contribution is 6.02. The molecule has 0 spiro atoms. The molecule has 2 saturated heterocycles. The number of carbonyl (C=O) groups excluding carboxylic acids is 2. The lowest BCUT2D eigenvalue weighted by Gasteiger charge is -2.44. The summed E-state index contributed by atoms with van der Waals surface area (Å²) in [6, 6.07) is 25.7. The molecule has 0 radical (unpaired) electrons. The summed E-state index contributed by atoms with van der Waals surface area (Å²) in [6.07, 6.45) is 1.04. The molecule has 2 heterocycles. The number of piperidine rings is 1. The molecule has 210 valence electrons. The van der Waals surface area contributed by atoms with E-state index < -0.39 is 0 Å². The van der Waals surface area contributed by atoms with Crippen LogP contribution in [0.4, 0.5) is 0 Å². The van der Waals surface area contributed by atoms with E-state index in [2.05, 4.69) is 53.8 Å². The number of benzene rings is 3. The van der Waals surface area contributed by atoms with Crippen molar-refractivity contribution in [2.24, 2.45) is 11.8 Å². The summed E-state index contributed by atoms with van der Waals surface area (Å²) in [6.45, 7) is 12.0. The van der Waals surface area contributed by atoms with Gasteiger partial charge in [-0.25, -0.2) is 0 Å². The van der Waals surface area contributed by atoms with Crippen molar-refractivity contribution in [3.8, 4) is 0 Å². The van der Waals surface area contributed by atoms with Gasteiger partial charge in [-0.05, 0) is 57.1 Å². The summed E-state index contributed by atoms with van der Waals surface area (Å²) in [7, 11) is 2.19. The smallest absolute Gasteiger partial charge is 0.167 e. The Bertz CT molecular complexity index is 1220. The fourth-order valence-corrected chi connectivity index (χ4v) is 6.60. The second kappa shape index (κ2) is 13.0. The highest BCUT2D eigenvalue weighted by Gasteiger charge is 2.45. The van der Waals surface area contributed by atoms with Crippen LogP contribution in [0.5, 0.6) is 0 Å². The first-order valence-electron chi connectivity index (χ1n) is 14.8. The zero-order chi connectivity index (χ0) is 28.1. The van der Waals surface area contributed by atoms with Crippen LogP contribution in [0.15, 0.2) is 78.9 Å². The van der Waals surface area contributed by atoms with Gasteiger partial charge in [-0.1, -0.05) is 78.9 Å². The van der Waals surface area contributed by atoms with E-state index in [-0.39, 0.29) is 29.3 Å². The van der Waals surface area contributed by atoms with E-state index in [1.165, 1.54) is 11.1 Å². The first kappa shape index (κ1) is 28.4. The van der Waals surface area contributed by atoms with E-state index in [1.54, 1.807) is 0 Å². The summed E-state index contributed by atoms with van der Waals surface area (Å²) in [5.74, 6) is -0.479. The van der Waals surface area contributed by atoms with Gasteiger partial charge in [0.05, 0.1) is 0 Å². The molecule has 0 N–H and O–H groups in total. The van der Waals surface area contributed by atoms with Gasteiger partial charge in [0.25, 0.3) is 0 Å². The van der Waals surface area contributed by atoms with E-state index in [0.717, 1.165) is 62.4 Å². The Morgan fingerprint density at radius 1 is 0.675 bits per heavy atom. The second-order valence-corrected chi connectivity index (χ2v) is 11.7. The van der Waals surface area contributed by atoms with Gasteiger partial charge in [0.2, 0.25) is 0 Å². The molecule has 0 bridgehead atoms. The first-order valence-corrected chi connectivity index (χ1v) is 14.8. The summed E-state index contributed by atoms with van der Waals surface area (Å²) in [4.78, 5) is 35.8. The number of nitrogens with zero attached hydrogens (tertiary/aromatic N) is 3. The minimum atomic E-state index is -0.294. The summed E-state index contributed by atoms with van der Waals surface area (Å²) >= 11 is 0. The average Bonchev–Trinajstić information content (AvgIpc) is 2.99.